The average Bonchev–Trinajstić information content (AvgIpc) is 3.11. The molecule has 1 N–H and O–H groups in total. The van der Waals surface area contributed by atoms with Crippen LogP contribution in [0.5, 0.6) is 0 Å². The third-order valence-electron chi connectivity index (χ3n) is 3.41. The minimum atomic E-state index is -0.377. The zero-order valence-electron chi connectivity index (χ0n) is 14.2. The van der Waals surface area contributed by atoms with Crippen LogP contribution in [0.2, 0.25) is 5.02 Å². The van der Waals surface area contributed by atoms with Crippen LogP contribution in [-0.4, -0.2) is 35.0 Å². The maximum Gasteiger partial charge on any atom is 0.307 e. The van der Waals surface area contributed by atoms with Gasteiger partial charge in [-0.25, -0.2) is 0 Å². The smallest absolute Gasteiger partial charge is 0.307 e. The second-order valence-electron chi connectivity index (χ2n) is 5.33. The maximum atomic E-state index is 12.4. The normalized spacial score (nSPS) is 10.2. The molecule has 0 radical (unpaired) electrons. The molecular formula is C18H19ClN2O4S. The molecule has 1 amide bonds. The van der Waals surface area contributed by atoms with Gasteiger partial charge in [-0.1, -0.05) is 17.7 Å². The van der Waals surface area contributed by atoms with Crippen LogP contribution < -0.4 is 5.32 Å². The van der Waals surface area contributed by atoms with Crippen LogP contribution in [0.25, 0.3) is 0 Å². The van der Waals surface area contributed by atoms with Gasteiger partial charge < -0.3 is 14.1 Å². The van der Waals surface area contributed by atoms with Gasteiger partial charge in [0.25, 0.3) is 5.91 Å². The molecule has 0 bridgehead atoms. The molecule has 0 aliphatic rings. The Hall–Kier alpha value is -2.38. The number of amides is 1. The predicted octanol–water partition coefficient (Wildman–Crippen LogP) is 3.40. The quantitative estimate of drug-likeness (QED) is 0.573. The number of hydrogen-bond donors (Lipinski definition) is 1. The van der Waals surface area contributed by atoms with E-state index in [0.717, 1.165) is 0 Å². The molecule has 138 valence electrons. The van der Waals surface area contributed by atoms with Crippen LogP contribution in [-0.2, 0) is 16.1 Å². The second-order valence-corrected chi connectivity index (χ2v) is 6.15. The van der Waals surface area contributed by atoms with Gasteiger partial charge in [0.05, 0.1) is 25.8 Å². The lowest BCUT2D eigenvalue weighted by Gasteiger charge is -2.24. The first kappa shape index (κ1) is 19.9. The summed E-state index contributed by atoms with van der Waals surface area (Å²) in [6, 6.07) is 10.1. The van der Waals surface area contributed by atoms with Crippen molar-refractivity contribution in [3.05, 3.63) is 59.0 Å². The highest BCUT2D eigenvalue weighted by molar-refractivity contribution is 7.80. The van der Waals surface area contributed by atoms with Crippen LogP contribution in [0.4, 0.5) is 0 Å². The van der Waals surface area contributed by atoms with E-state index < -0.39 is 0 Å². The van der Waals surface area contributed by atoms with Crippen LogP contribution >= 0.6 is 23.8 Å². The highest BCUT2D eigenvalue weighted by Crippen LogP contribution is 2.11. The van der Waals surface area contributed by atoms with Gasteiger partial charge in [-0.05, 0) is 49.5 Å². The first-order valence-corrected chi connectivity index (χ1v) is 8.82. The predicted molar refractivity (Wildman–Crippen MR) is 102 cm³/mol. The highest BCUT2D eigenvalue weighted by Gasteiger charge is 2.17. The van der Waals surface area contributed by atoms with Gasteiger partial charge in [-0.15, -0.1) is 0 Å². The summed E-state index contributed by atoms with van der Waals surface area (Å²) in [5.41, 5.74) is 0.392. The molecule has 26 heavy (non-hydrogen) atoms. The van der Waals surface area contributed by atoms with Gasteiger partial charge in [-0.3, -0.25) is 14.9 Å². The fraction of sp³-hybridized carbons (Fsp3) is 0.278. The van der Waals surface area contributed by atoms with Crippen molar-refractivity contribution in [2.24, 2.45) is 0 Å². The van der Waals surface area contributed by atoms with Crippen molar-refractivity contribution in [3.8, 4) is 0 Å². The third-order valence-corrected chi connectivity index (χ3v) is 4.01. The van der Waals surface area contributed by atoms with E-state index in [1.165, 1.54) is 0 Å². The number of thiocarbonyl (C=S) groups is 1. The van der Waals surface area contributed by atoms with E-state index in [1.807, 2.05) is 0 Å². The van der Waals surface area contributed by atoms with Crippen LogP contribution in [0.3, 0.4) is 0 Å². The van der Waals surface area contributed by atoms with Gasteiger partial charge in [0.15, 0.2) is 5.11 Å². The molecule has 6 nitrogen and oxygen atoms in total. The number of carbonyl (C=O) groups excluding carboxylic acids is 2. The molecule has 1 aromatic carbocycles. The monoisotopic (exact) mass is 394 g/mol. The van der Waals surface area contributed by atoms with Crippen LogP contribution in [0.15, 0.2) is 47.1 Å². The van der Waals surface area contributed by atoms with E-state index in [-0.39, 0.29) is 30.0 Å². The average molecular weight is 395 g/mol. The summed E-state index contributed by atoms with van der Waals surface area (Å²) >= 11 is 11.3. The molecule has 1 heterocycles. The van der Waals surface area contributed by atoms with Crippen molar-refractivity contribution in [3.63, 3.8) is 0 Å². The topological polar surface area (TPSA) is 71.8 Å². The standard InChI is InChI=1S/C18H19ClN2O4S/c1-2-24-16(22)8-9-21(12-15-7-4-10-25-15)18(26)20-17(23)13-5-3-6-14(19)11-13/h3-7,10-11H,2,8-9,12H2,1H3,(H,20,23,26). The minimum absolute atomic E-state index is 0.141. The van der Waals surface area contributed by atoms with E-state index in [2.05, 4.69) is 5.32 Å². The second kappa shape index (κ2) is 9.94. The lowest BCUT2D eigenvalue weighted by Crippen LogP contribution is -2.43. The van der Waals surface area contributed by atoms with Crippen molar-refractivity contribution in [1.29, 1.82) is 0 Å². The number of carbonyl (C=O) groups is 2. The van der Waals surface area contributed by atoms with Crippen molar-refractivity contribution in [1.82, 2.24) is 10.2 Å². The Morgan fingerprint density at radius 3 is 2.77 bits per heavy atom. The van der Waals surface area contributed by atoms with Gasteiger partial charge >= 0.3 is 5.97 Å². The summed E-state index contributed by atoms with van der Waals surface area (Å²) in [6.07, 6.45) is 1.69. The van der Waals surface area contributed by atoms with E-state index in [1.54, 1.807) is 54.5 Å². The molecule has 2 rings (SSSR count). The van der Waals surface area contributed by atoms with Gasteiger partial charge in [0, 0.05) is 17.1 Å². The first-order chi connectivity index (χ1) is 12.5. The van der Waals surface area contributed by atoms with E-state index in [0.29, 0.717) is 29.5 Å². The number of rotatable bonds is 7. The number of furan rings is 1. The lowest BCUT2D eigenvalue weighted by atomic mass is 10.2. The Bertz CT molecular complexity index is 764. The number of hydrogen-bond acceptors (Lipinski definition) is 5. The highest BCUT2D eigenvalue weighted by atomic mass is 35.5. The fourth-order valence-electron chi connectivity index (χ4n) is 2.18. The van der Waals surface area contributed by atoms with Crippen LogP contribution in [0.1, 0.15) is 29.5 Å². The van der Waals surface area contributed by atoms with Crippen molar-refractivity contribution < 1.29 is 18.7 Å². The zero-order chi connectivity index (χ0) is 18.9. The first-order valence-electron chi connectivity index (χ1n) is 8.03. The number of nitrogens with zero attached hydrogens (tertiary/aromatic N) is 1. The molecule has 8 heteroatoms. The van der Waals surface area contributed by atoms with Crippen molar-refractivity contribution in [2.45, 2.75) is 19.9 Å². The van der Waals surface area contributed by atoms with Crippen molar-refractivity contribution in [2.75, 3.05) is 13.2 Å². The summed E-state index contributed by atoms with van der Waals surface area (Å²) in [7, 11) is 0. The van der Waals surface area contributed by atoms with E-state index in [9.17, 15) is 9.59 Å². The largest absolute Gasteiger partial charge is 0.467 e. The van der Waals surface area contributed by atoms with Crippen molar-refractivity contribution >= 4 is 40.8 Å². The number of ether oxygens (including phenoxy) is 1. The summed E-state index contributed by atoms with van der Waals surface area (Å²) in [4.78, 5) is 25.7. The molecule has 0 aliphatic heterocycles. The SMILES string of the molecule is CCOC(=O)CCN(Cc1ccco1)C(=S)NC(=O)c1cccc(Cl)c1. The van der Waals surface area contributed by atoms with E-state index >= 15 is 0 Å². The molecule has 0 unspecified atom stereocenters. The minimum Gasteiger partial charge on any atom is -0.467 e. The summed E-state index contributed by atoms with van der Waals surface area (Å²) in [6.45, 7) is 2.66. The number of nitrogens with one attached hydrogen (secondary N) is 1. The van der Waals surface area contributed by atoms with Gasteiger partial charge in [0.2, 0.25) is 0 Å². The van der Waals surface area contributed by atoms with Gasteiger partial charge in [-0.2, -0.15) is 0 Å². The summed E-state index contributed by atoms with van der Waals surface area (Å²) in [5.74, 6) is -0.0489. The zero-order valence-corrected chi connectivity index (χ0v) is 15.8. The molecule has 0 atom stereocenters. The summed E-state index contributed by atoms with van der Waals surface area (Å²) < 4.78 is 10.3. The Balaban J connectivity index is 2.03. The fourth-order valence-corrected chi connectivity index (χ4v) is 2.62. The summed E-state index contributed by atoms with van der Waals surface area (Å²) in [5, 5.41) is 3.30. The molecule has 0 aliphatic carbocycles. The number of benzene rings is 1. The Labute approximate surface area is 162 Å². The molecule has 0 saturated heterocycles. The third kappa shape index (κ3) is 6.16. The number of esters is 1. The lowest BCUT2D eigenvalue weighted by molar-refractivity contribution is -0.143. The molecule has 0 spiro atoms. The number of halogens is 1. The Morgan fingerprint density at radius 1 is 1.31 bits per heavy atom. The molecule has 0 saturated carbocycles. The van der Waals surface area contributed by atoms with Crippen LogP contribution in [0, 0.1) is 0 Å². The molecule has 0 fully saturated rings. The Kier molecular flexibility index (Phi) is 7.62. The Morgan fingerprint density at radius 2 is 2.12 bits per heavy atom. The molecular weight excluding hydrogens is 376 g/mol. The molecule has 1 aromatic heterocycles. The van der Waals surface area contributed by atoms with E-state index in [4.69, 9.17) is 33.0 Å². The molecule has 2 aromatic rings. The van der Waals surface area contributed by atoms with Gasteiger partial charge in [0.1, 0.15) is 5.76 Å². The maximum absolute atomic E-state index is 12.4.